The van der Waals surface area contributed by atoms with Crippen molar-refractivity contribution in [2.45, 2.75) is 19.5 Å². The molecule has 7 heteroatoms. The summed E-state index contributed by atoms with van der Waals surface area (Å²) in [6, 6.07) is 9.64. The number of aryl methyl sites for hydroxylation is 1. The lowest BCUT2D eigenvalue weighted by Crippen LogP contribution is -2.31. The van der Waals surface area contributed by atoms with Crippen molar-refractivity contribution in [3.63, 3.8) is 0 Å². The minimum Gasteiger partial charge on any atom is -0.331 e. The molecule has 0 aliphatic carbocycles. The molecule has 0 saturated carbocycles. The molecule has 126 valence electrons. The van der Waals surface area contributed by atoms with Gasteiger partial charge in [0.2, 0.25) is 0 Å². The number of nitrogens with zero attached hydrogens (tertiary/aromatic N) is 5. The maximum absolute atomic E-state index is 12.7. The van der Waals surface area contributed by atoms with Crippen LogP contribution in [0.25, 0.3) is 11.3 Å². The van der Waals surface area contributed by atoms with Crippen LogP contribution in [-0.4, -0.2) is 37.1 Å². The summed E-state index contributed by atoms with van der Waals surface area (Å²) in [6.45, 7) is 1.97. The Balaban J connectivity index is 1.60. The minimum atomic E-state index is -0.101. The molecule has 0 radical (unpaired) electrons. The fourth-order valence-electron chi connectivity index (χ4n) is 2.97. The molecule has 1 aliphatic heterocycles. The van der Waals surface area contributed by atoms with Crippen LogP contribution in [0.1, 0.15) is 22.6 Å². The van der Waals surface area contributed by atoms with Crippen molar-refractivity contribution in [2.75, 3.05) is 6.54 Å². The Morgan fingerprint density at radius 1 is 1.12 bits per heavy atom. The summed E-state index contributed by atoms with van der Waals surface area (Å²) in [6.07, 6.45) is 5.45. The van der Waals surface area contributed by atoms with Crippen LogP contribution in [0.2, 0.25) is 5.02 Å². The molecule has 0 saturated heterocycles. The number of fused-ring (bicyclic) bond motifs is 1. The highest BCUT2D eigenvalue weighted by Gasteiger charge is 2.22. The summed E-state index contributed by atoms with van der Waals surface area (Å²) in [5.41, 5.74) is 3.28. The van der Waals surface area contributed by atoms with Crippen LogP contribution in [0.3, 0.4) is 0 Å². The van der Waals surface area contributed by atoms with Crippen molar-refractivity contribution in [3.8, 4) is 11.3 Å². The number of hydrogen-bond donors (Lipinski definition) is 0. The van der Waals surface area contributed by atoms with Crippen LogP contribution in [0.5, 0.6) is 0 Å². The largest absolute Gasteiger partial charge is 0.331 e. The fourth-order valence-corrected chi connectivity index (χ4v) is 3.09. The number of benzene rings is 1. The SMILES string of the molecule is O=C(c1cnccn1)N1CCCn2nc(-c3ccc(Cl)cc3)cc2C1. The number of halogens is 1. The maximum atomic E-state index is 12.7. The van der Waals surface area contributed by atoms with Crippen molar-refractivity contribution < 1.29 is 4.79 Å². The first-order valence-electron chi connectivity index (χ1n) is 8.09. The standard InChI is InChI=1S/C18H16ClN5O/c19-14-4-2-13(3-5-14)16-10-15-12-23(8-1-9-24(15)22-16)18(25)17-11-20-6-7-21-17/h2-7,10-11H,1,8-9,12H2. The van der Waals surface area contributed by atoms with E-state index in [-0.39, 0.29) is 5.91 Å². The number of carbonyl (C=O) groups is 1. The molecule has 3 aromatic rings. The van der Waals surface area contributed by atoms with E-state index in [0.717, 1.165) is 29.9 Å². The van der Waals surface area contributed by atoms with E-state index in [2.05, 4.69) is 15.1 Å². The smallest absolute Gasteiger partial charge is 0.274 e. The zero-order chi connectivity index (χ0) is 17.2. The van der Waals surface area contributed by atoms with Crippen molar-refractivity contribution in [2.24, 2.45) is 0 Å². The summed E-state index contributed by atoms with van der Waals surface area (Å²) < 4.78 is 1.98. The molecule has 6 nitrogen and oxygen atoms in total. The first-order chi connectivity index (χ1) is 12.2. The van der Waals surface area contributed by atoms with Gasteiger partial charge in [0.25, 0.3) is 5.91 Å². The van der Waals surface area contributed by atoms with Crippen molar-refractivity contribution in [3.05, 3.63) is 65.3 Å². The lowest BCUT2D eigenvalue weighted by atomic mass is 10.1. The molecule has 25 heavy (non-hydrogen) atoms. The first-order valence-corrected chi connectivity index (χ1v) is 8.46. The molecule has 0 bridgehead atoms. The van der Waals surface area contributed by atoms with E-state index in [1.807, 2.05) is 35.0 Å². The third kappa shape index (κ3) is 3.25. The average Bonchev–Trinajstić information content (AvgIpc) is 2.94. The summed E-state index contributed by atoms with van der Waals surface area (Å²) in [7, 11) is 0. The lowest BCUT2D eigenvalue weighted by Gasteiger charge is -2.19. The molecule has 2 aromatic heterocycles. The molecule has 1 aliphatic rings. The number of amides is 1. The Morgan fingerprint density at radius 2 is 1.96 bits per heavy atom. The van der Waals surface area contributed by atoms with E-state index >= 15 is 0 Å². The Morgan fingerprint density at radius 3 is 2.72 bits per heavy atom. The molecule has 0 N–H and O–H groups in total. The van der Waals surface area contributed by atoms with Gasteiger partial charge in [-0.25, -0.2) is 4.98 Å². The molecule has 4 rings (SSSR count). The Hall–Kier alpha value is -2.73. The highest BCUT2D eigenvalue weighted by atomic mass is 35.5. The van der Waals surface area contributed by atoms with Crippen LogP contribution >= 0.6 is 11.6 Å². The van der Waals surface area contributed by atoms with Gasteiger partial charge in [0.15, 0.2) is 0 Å². The van der Waals surface area contributed by atoms with E-state index in [1.54, 1.807) is 11.1 Å². The van der Waals surface area contributed by atoms with Crippen LogP contribution in [0.15, 0.2) is 48.9 Å². The number of aromatic nitrogens is 4. The molecule has 3 heterocycles. The second kappa shape index (κ2) is 6.64. The van der Waals surface area contributed by atoms with E-state index in [9.17, 15) is 4.79 Å². The van der Waals surface area contributed by atoms with Gasteiger partial charge in [-0.3, -0.25) is 14.5 Å². The monoisotopic (exact) mass is 353 g/mol. The van der Waals surface area contributed by atoms with Gasteiger partial charge in [-0.05, 0) is 24.6 Å². The van der Waals surface area contributed by atoms with E-state index < -0.39 is 0 Å². The van der Waals surface area contributed by atoms with Gasteiger partial charge in [0.1, 0.15) is 5.69 Å². The fraction of sp³-hybridized carbons (Fsp3) is 0.222. The van der Waals surface area contributed by atoms with E-state index in [0.29, 0.717) is 23.8 Å². The number of hydrogen-bond acceptors (Lipinski definition) is 4. The Kier molecular flexibility index (Phi) is 4.19. The van der Waals surface area contributed by atoms with E-state index in [4.69, 9.17) is 11.6 Å². The van der Waals surface area contributed by atoms with Gasteiger partial charge in [-0.2, -0.15) is 5.10 Å². The average molecular weight is 354 g/mol. The van der Waals surface area contributed by atoms with Crippen LogP contribution < -0.4 is 0 Å². The normalized spacial score (nSPS) is 14.0. The number of carbonyl (C=O) groups excluding carboxylic acids is 1. The Bertz CT molecular complexity index is 892. The maximum Gasteiger partial charge on any atom is 0.274 e. The zero-order valence-corrected chi connectivity index (χ0v) is 14.2. The second-order valence-electron chi connectivity index (χ2n) is 5.92. The highest BCUT2D eigenvalue weighted by Crippen LogP contribution is 2.24. The summed E-state index contributed by atoms with van der Waals surface area (Å²) >= 11 is 5.95. The van der Waals surface area contributed by atoms with Crippen molar-refractivity contribution in [1.29, 1.82) is 0 Å². The first kappa shape index (κ1) is 15.8. The van der Waals surface area contributed by atoms with Gasteiger partial charge in [0, 0.05) is 36.1 Å². The molecule has 1 aromatic carbocycles. The van der Waals surface area contributed by atoms with Gasteiger partial charge >= 0.3 is 0 Å². The minimum absolute atomic E-state index is 0.101. The molecular weight excluding hydrogens is 338 g/mol. The molecule has 0 spiro atoms. The summed E-state index contributed by atoms with van der Waals surface area (Å²) in [5.74, 6) is -0.101. The van der Waals surface area contributed by atoms with E-state index in [1.165, 1.54) is 12.4 Å². The van der Waals surface area contributed by atoms with Gasteiger partial charge in [-0.1, -0.05) is 23.7 Å². The third-order valence-electron chi connectivity index (χ3n) is 4.22. The number of rotatable bonds is 2. The molecule has 1 amide bonds. The predicted octanol–water partition coefficient (Wildman–Crippen LogP) is 3.04. The zero-order valence-electron chi connectivity index (χ0n) is 13.5. The second-order valence-corrected chi connectivity index (χ2v) is 6.36. The Labute approximate surface area is 150 Å². The molecule has 0 atom stereocenters. The topological polar surface area (TPSA) is 63.9 Å². The third-order valence-corrected chi connectivity index (χ3v) is 4.48. The highest BCUT2D eigenvalue weighted by molar-refractivity contribution is 6.30. The molecule has 0 fully saturated rings. The van der Waals surface area contributed by atoms with Gasteiger partial charge in [-0.15, -0.1) is 0 Å². The van der Waals surface area contributed by atoms with Crippen molar-refractivity contribution >= 4 is 17.5 Å². The summed E-state index contributed by atoms with van der Waals surface area (Å²) in [4.78, 5) is 22.6. The quantitative estimate of drug-likeness (QED) is 0.710. The van der Waals surface area contributed by atoms with Gasteiger partial charge in [0.05, 0.1) is 24.1 Å². The van der Waals surface area contributed by atoms with Gasteiger partial charge < -0.3 is 4.90 Å². The molecule has 0 unspecified atom stereocenters. The van der Waals surface area contributed by atoms with Crippen LogP contribution in [-0.2, 0) is 13.1 Å². The predicted molar refractivity (Wildman–Crippen MR) is 94.1 cm³/mol. The van der Waals surface area contributed by atoms with Crippen molar-refractivity contribution in [1.82, 2.24) is 24.6 Å². The lowest BCUT2D eigenvalue weighted by molar-refractivity contribution is 0.0739. The van der Waals surface area contributed by atoms with Crippen LogP contribution in [0, 0.1) is 0 Å². The van der Waals surface area contributed by atoms with Crippen LogP contribution in [0.4, 0.5) is 0 Å². The molecular formula is C18H16ClN5O. The summed E-state index contributed by atoms with van der Waals surface area (Å²) in [5, 5.41) is 5.38.